The molecule has 2 bridgehead atoms. The Kier molecular flexibility index (Phi) is 1.60. The van der Waals surface area contributed by atoms with E-state index in [4.69, 9.17) is 9.84 Å². The van der Waals surface area contributed by atoms with Gasteiger partial charge >= 0.3 is 0 Å². The highest BCUT2D eigenvalue weighted by molar-refractivity contribution is 6.02. The van der Waals surface area contributed by atoms with E-state index in [0.717, 1.165) is 6.26 Å². The minimum atomic E-state index is -0.557. The molecular weight excluding hydrogens is 168 g/mol. The lowest BCUT2D eigenvalue weighted by atomic mass is 9.78. The SMILES string of the molecule is CC1(C)C(=O)/C(=C\O)C2C=CC1O2. The molecule has 3 nitrogen and oxygen atoms in total. The van der Waals surface area contributed by atoms with Gasteiger partial charge in [-0.15, -0.1) is 0 Å². The molecule has 0 amide bonds. The summed E-state index contributed by atoms with van der Waals surface area (Å²) in [6, 6.07) is 0. The van der Waals surface area contributed by atoms with Crippen LogP contribution in [0.1, 0.15) is 13.8 Å². The van der Waals surface area contributed by atoms with Gasteiger partial charge in [-0.1, -0.05) is 12.2 Å². The first-order valence-corrected chi connectivity index (χ1v) is 4.30. The van der Waals surface area contributed by atoms with Crippen molar-refractivity contribution < 1.29 is 14.6 Å². The van der Waals surface area contributed by atoms with Crippen molar-refractivity contribution in [1.82, 2.24) is 0 Å². The molecule has 3 heteroatoms. The number of carbonyl (C=O) groups excluding carboxylic acids is 1. The standard InChI is InChI=1S/C10H12O3/c1-10(2)8-4-3-7(13-8)6(5-11)9(10)12/h3-5,7-8,11H,1-2H3/b6-5-. The van der Waals surface area contributed by atoms with Crippen LogP contribution < -0.4 is 0 Å². The zero-order chi connectivity index (χ0) is 9.64. The number of hydrogen-bond acceptors (Lipinski definition) is 3. The van der Waals surface area contributed by atoms with E-state index in [1.165, 1.54) is 0 Å². The molecule has 1 fully saturated rings. The molecular formula is C10H12O3. The predicted octanol–water partition coefficient (Wildman–Crippen LogP) is 1.36. The summed E-state index contributed by atoms with van der Waals surface area (Å²) >= 11 is 0. The highest BCUT2D eigenvalue weighted by Gasteiger charge is 2.48. The van der Waals surface area contributed by atoms with Gasteiger partial charge < -0.3 is 9.84 Å². The van der Waals surface area contributed by atoms with Crippen molar-refractivity contribution in [2.75, 3.05) is 0 Å². The summed E-state index contributed by atoms with van der Waals surface area (Å²) < 4.78 is 5.53. The van der Waals surface area contributed by atoms with Crippen molar-refractivity contribution >= 4 is 5.78 Å². The molecule has 2 unspecified atom stereocenters. The monoisotopic (exact) mass is 180 g/mol. The van der Waals surface area contributed by atoms with Crippen molar-refractivity contribution in [3.63, 3.8) is 0 Å². The number of Topliss-reactive ketones (excluding diaryl/α,β-unsaturated/α-hetero) is 1. The summed E-state index contributed by atoms with van der Waals surface area (Å²) in [6.07, 6.45) is 4.09. The van der Waals surface area contributed by atoms with Crippen molar-refractivity contribution in [3.8, 4) is 0 Å². The summed E-state index contributed by atoms with van der Waals surface area (Å²) in [5, 5.41) is 8.92. The molecule has 0 spiro atoms. The van der Waals surface area contributed by atoms with Crippen LogP contribution in [0.4, 0.5) is 0 Å². The van der Waals surface area contributed by atoms with Crippen molar-refractivity contribution in [2.24, 2.45) is 5.41 Å². The van der Waals surface area contributed by atoms with Gasteiger partial charge in [0, 0.05) is 0 Å². The van der Waals surface area contributed by atoms with E-state index in [1.54, 1.807) is 0 Å². The quantitative estimate of drug-likeness (QED) is 0.348. The smallest absolute Gasteiger partial charge is 0.173 e. The molecule has 2 rings (SSSR count). The number of ketones is 1. The molecule has 0 aromatic carbocycles. The molecule has 1 saturated heterocycles. The lowest BCUT2D eigenvalue weighted by Gasteiger charge is -2.35. The first-order valence-electron chi connectivity index (χ1n) is 4.30. The van der Waals surface area contributed by atoms with Crippen LogP contribution in [-0.2, 0) is 9.53 Å². The summed E-state index contributed by atoms with van der Waals surface area (Å²) in [5.74, 6) is -0.0266. The number of fused-ring (bicyclic) bond motifs is 2. The van der Waals surface area contributed by atoms with E-state index >= 15 is 0 Å². The first-order chi connectivity index (χ1) is 6.07. The van der Waals surface area contributed by atoms with E-state index in [1.807, 2.05) is 26.0 Å². The number of aliphatic hydroxyl groups is 1. The minimum Gasteiger partial charge on any atom is -0.515 e. The zero-order valence-electron chi connectivity index (χ0n) is 7.65. The van der Waals surface area contributed by atoms with Crippen molar-refractivity contribution in [2.45, 2.75) is 26.1 Å². The maximum absolute atomic E-state index is 11.8. The Morgan fingerprint density at radius 2 is 2.23 bits per heavy atom. The number of rotatable bonds is 0. The summed E-state index contributed by atoms with van der Waals surface area (Å²) in [4.78, 5) is 11.8. The molecule has 2 aliphatic heterocycles. The molecule has 0 saturated carbocycles. The fraction of sp³-hybridized carbons (Fsp3) is 0.500. The average molecular weight is 180 g/mol. The Balaban J connectivity index is 2.47. The van der Waals surface area contributed by atoms with Crippen molar-refractivity contribution in [1.29, 1.82) is 0 Å². The molecule has 0 aliphatic carbocycles. The van der Waals surface area contributed by atoms with Crippen LogP contribution in [-0.4, -0.2) is 23.1 Å². The Hall–Kier alpha value is -1.09. The predicted molar refractivity (Wildman–Crippen MR) is 47.3 cm³/mol. The molecule has 2 aliphatic rings. The van der Waals surface area contributed by atoms with Gasteiger partial charge in [0.25, 0.3) is 0 Å². The Bertz CT molecular complexity index is 312. The van der Waals surface area contributed by atoms with Gasteiger partial charge in [-0.2, -0.15) is 0 Å². The highest BCUT2D eigenvalue weighted by Crippen LogP contribution is 2.40. The number of ether oxygens (including phenoxy) is 1. The molecule has 0 radical (unpaired) electrons. The first kappa shape index (κ1) is 8.51. The van der Waals surface area contributed by atoms with E-state index in [9.17, 15) is 4.79 Å². The van der Waals surface area contributed by atoms with Crippen LogP contribution >= 0.6 is 0 Å². The van der Waals surface area contributed by atoms with E-state index in [0.29, 0.717) is 5.57 Å². The zero-order valence-corrected chi connectivity index (χ0v) is 7.65. The Morgan fingerprint density at radius 3 is 2.85 bits per heavy atom. The van der Waals surface area contributed by atoms with Crippen LogP contribution in [0.2, 0.25) is 0 Å². The van der Waals surface area contributed by atoms with Gasteiger partial charge in [-0.3, -0.25) is 4.79 Å². The third kappa shape index (κ3) is 0.968. The third-order valence-corrected chi connectivity index (χ3v) is 2.76. The van der Waals surface area contributed by atoms with Gasteiger partial charge in [0.1, 0.15) is 6.10 Å². The normalized spacial score (nSPS) is 38.6. The Labute approximate surface area is 76.7 Å². The molecule has 2 heterocycles. The van der Waals surface area contributed by atoms with Gasteiger partial charge in [0.15, 0.2) is 5.78 Å². The lowest BCUT2D eigenvalue weighted by Crippen LogP contribution is -2.44. The second-order valence-corrected chi connectivity index (χ2v) is 4.00. The summed E-state index contributed by atoms with van der Waals surface area (Å²) in [5.41, 5.74) is -0.201. The summed E-state index contributed by atoms with van der Waals surface area (Å²) in [6.45, 7) is 3.66. The number of hydrogen-bond donors (Lipinski definition) is 1. The average Bonchev–Trinajstić information content (AvgIpc) is 2.51. The van der Waals surface area contributed by atoms with E-state index in [2.05, 4.69) is 0 Å². The molecule has 0 aromatic heterocycles. The third-order valence-electron chi connectivity index (χ3n) is 2.76. The second-order valence-electron chi connectivity index (χ2n) is 4.00. The van der Waals surface area contributed by atoms with Gasteiger partial charge in [-0.05, 0) is 13.8 Å². The molecule has 2 atom stereocenters. The lowest BCUT2D eigenvalue weighted by molar-refractivity contribution is -0.137. The van der Waals surface area contributed by atoms with Gasteiger partial charge in [0.05, 0.1) is 23.4 Å². The largest absolute Gasteiger partial charge is 0.515 e. The fourth-order valence-electron chi connectivity index (χ4n) is 1.80. The van der Waals surface area contributed by atoms with Crippen LogP contribution in [0.15, 0.2) is 24.0 Å². The van der Waals surface area contributed by atoms with Crippen LogP contribution in [0.25, 0.3) is 0 Å². The van der Waals surface area contributed by atoms with Gasteiger partial charge in [-0.25, -0.2) is 0 Å². The molecule has 13 heavy (non-hydrogen) atoms. The topological polar surface area (TPSA) is 46.5 Å². The second kappa shape index (κ2) is 2.45. The maximum Gasteiger partial charge on any atom is 0.173 e. The van der Waals surface area contributed by atoms with Crippen molar-refractivity contribution in [3.05, 3.63) is 24.0 Å². The highest BCUT2D eigenvalue weighted by atomic mass is 16.5. The number of aliphatic hydroxyl groups excluding tert-OH is 1. The summed E-state index contributed by atoms with van der Waals surface area (Å²) in [7, 11) is 0. The molecule has 70 valence electrons. The fourth-order valence-corrected chi connectivity index (χ4v) is 1.80. The maximum atomic E-state index is 11.8. The van der Waals surface area contributed by atoms with E-state index < -0.39 is 5.41 Å². The minimum absolute atomic E-state index is 0.0266. The van der Waals surface area contributed by atoms with Crippen LogP contribution in [0, 0.1) is 5.41 Å². The molecule has 0 aromatic rings. The number of carbonyl (C=O) groups is 1. The Morgan fingerprint density at radius 1 is 1.54 bits per heavy atom. The van der Waals surface area contributed by atoms with E-state index in [-0.39, 0.29) is 18.0 Å². The van der Waals surface area contributed by atoms with Gasteiger partial charge in [0.2, 0.25) is 0 Å². The van der Waals surface area contributed by atoms with Crippen LogP contribution in [0.5, 0.6) is 0 Å². The molecule has 1 N–H and O–H groups in total. The van der Waals surface area contributed by atoms with Crippen LogP contribution in [0.3, 0.4) is 0 Å².